The summed E-state index contributed by atoms with van der Waals surface area (Å²) in [5.74, 6) is -0.275. The number of aliphatic carboxylic acids is 1. The fraction of sp³-hybridized carbons (Fsp3) is 0.857. The number of likely N-dealkylation sites (N-methyl/N-ethyl adjacent to an activating group) is 1. The van der Waals surface area contributed by atoms with Gasteiger partial charge in [-0.05, 0) is 45.2 Å². The lowest BCUT2D eigenvalue weighted by Gasteiger charge is -2.32. The first-order valence-electron chi connectivity index (χ1n) is 7.50. The Labute approximate surface area is 120 Å². The van der Waals surface area contributed by atoms with Crippen LogP contribution in [0.4, 0.5) is 4.79 Å². The van der Waals surface area contributed by atoms with Gasteiger partial charge in [0.25, 0.3) is 0 Å². The summed E-state index contributed by atoms with van der Waals surface area (Å²) in [6, 6.07) is 0.319. The second kappa shape index (κ2) is 6.92. The zero-order valence-corrected chi connectivity index (χ0v) is 12.2. The van der Waals surface area contributed by atoms with Gasteiger partial charge in [0.15, 0.2) is 0 Å². The van der Waals surface area contributed by atoms with Crippen molar-refractivity contribution in [1.29, 1.82) is 0 Å². The molecule has 0 aromatic carbocycles. The minimum Gasteiger partial charge on any atom is -0.481 e. The lowest BCUT2D eigenvalue weighted by Crippen LogP contribution is -2.48. The van der Waals surface area contributed by atoms with Crippen LogP contribution in [0.3, 0.4) is 0 Å². The molecule has 0 spiro atoms. The Balaban J connectivity index is 1.67. The van der Waals surface area contributed by atoms with Gasteiger partial charge in [-0.15, -0.1) is 0 Å². The van der Waals surface area contributed by atoms with E-state index in [1.807, 2.05) is 4.90 Å². The van der Waals surface area contributed by atoms with Gasteiger partial charge in [-0.1, -0.05) is 0 Å². The van der Waals surface area contributed by atoms with Gasteiger partial charge in [0.2, 0.25) is 0 Å². The lowest BCUT2D eigenvalue weighted by molar-refractivity contribution is -0.137. The van der Waals surface area contributed by atoms with Crippen molar-refractivity contribution in [2.75, 3.05) is 33.2 Å². The van der Waals surface area contributed by atoms with Crippen LogP contribution in [0.1, 0.15) is 32.1 Å². The van der Waals surface area contributed by atoms with Gasteiger partial charge in [-0.2, -0.15) is 0 Å². The van der Waals surface area contributed by atoms with E-state index in [-0.39, 0.29) is 18.5 Å². The average Bonchev–Trinajstić information content (AvgIpc) is 2.82. The van der Waals surface area contributed by atoms with Crippen LogP contribution in [-0.4, -0.2) is 66.2 Å². The number of rotatable bonds is 4. The summed E-state index contributed by atoms with van der Waals surface area (Å²) in [6.45, 7) is 3.47. The van der Waals surface area contributed by atoms with Crippen LogP contribution in [0.5, 0.6) is 0 Å². The molecule has 2 amide bonds. The van der Waals surface area contributed by atoms with E-state index in [1.54, 1.807) is 0 Å². The van der Waals surface area contributed by atoms with Gasteiger partial charge >= 0.3 is 12.0 Å². The number of piperidine rings is 1. The number of carbonyl (C=O) groups is 2. The van der Waals surface area contributed by atoms with E-state index >= 15 is 0 Å². The van der Waals surface area contributed by atoms with Crippen molar-refractivity contribution >= 4 is 12.0 Å². The Bertz CT molecular complexity index is 354. The molecule has 0 saturated carbocycles. The number of nitrogens with one attached hydrogen (secondary N) is 1. The van der Waals surface area contributed by atoms with Crippen molar-refractivity contribution in [1.82, 2.24) is 15.1 Å². The summed E-state index contributed by atoms with van der Waals surface area (Å²) in [4.78, 5) is 26.8. The van der Waals surface area contributed by atoms with Crippen molar-refractivity contribution in [2.45, 2.75) is 38.1 Å². The van der Waals surface area contributed by atoms with Crippen molar-refractivity contribution in [3.05, 3.63) is 0 Å². The van der Waals surface area contributed by atoms with Crippen LogP contribution in [-0.2, 0) is 4.79 Å². The number of urea groups is 1. The van der Waals surface area contributed by atoms with Gasteiger partial charge in [-0.25, -0.2) is 4.79 Å². The fourth-order valence-corrected chi connectivity index (χ4v) is 3.07. The zero-order chi connectivity index (χ0) is 14.5. The normalized spacial score (nSPS) is 24.9. The number of amides is 2. The number of carboxylic acid groups (broad SMARTS) is 1. The van der Waals surface area contributed by atoms with Crippen molar-refractivity contribution in [3.63, 3.8) is 0 Å². The number of likely N-dealkylation sites (tertiary alicyclic amines) is 2. The van der Waals surface area contributed by atoms with E-state index in [9.17, 15) is 9.59 Å². The molecule has 0 aliphatic carbocycles. The molecular weight excluding hydrogens is 258 g/mol. The topological polar surface area (TPSA) is 72.9 Å². The van der Waals surface area contributed by atoms with Crippen molar-refractivity contribution in [2.24, 2.45) is 5.92 Å². The minimum atomic E-state index is -0.726. The lowest BCUT2D eigenvalue weighted by atomic mass is 9.92. The van der Waals surface area contributed by atoms with Crippen molar-refractivity contribution in [3.8, 4) is 0 Å². The van der Waals surface area contributed by atoms with Gasteiger partial charge in [0.05, 0.1) is 0 Å². The van der Waals surface area contributed by atoms with E-state index in [2.05, 4.69) is 17.3 Å². The zero-order valence-electron chi connectivity index (χ0n) is 12.2. The molecule has 6 nitrogen and oxygen atoms in total. The highest BCUT2D eigenvalue weighted by atomic mass is 16.4. The Kier molecular flexibility index (Phi) is 5.23. The third-order valence-corrected chi connectivity index (χ3v) is 4.39. The van der Waals surface area contributed by atoms with E-state index in [1.165, 1.54) is 0 Å². The fourth-order valence-electron chi connectivity index (χ4n) is 3.07. The Hall–Kier alpha value is -1.30. The number of hydrogen-bond donors (Lipinski definition) is 2. The van der Waals surface area contributed by atoms with Crippen LogP contribution < -0.4 is 5.32 Å². The molecule has 0 radical (unpaired) electrons. The molecule has 1 unspecified atom stereocenters. The number of hydrogen-bond acceptors (Lipinski definition) is 3. The molecule has 2 aliphatic heterocycles. The second-order valence-corrected chi connectivity index (χ2v) is 6.06. The first-order chi connectivity index (χ1) is 9.54. The summed E-state index contributed by atoms with van der Waals surface area (Å²) in [6.07, 6.45) is 3.84. The maximum atomic E-state index is 12.1. The smallest absolute Gasteiger partial charge is 0.317 e. The highest BCUT2D eigenvalue weighted by molar-refractivity contribution is 5.74. The standard InChI is InChI=1S/C14H25N3O3/c1-16-7-6-12(10-16)15-14(20)17-8-4-11(5-9-17)2-3-13(18)19/h11-12H,2-10H2,1H3,(H,15,20)(H,18,19). The molecule has 0 aromatic rings. The predicted octanol–water partition coefficient (Wildman–Crippen LogP) is 0.977. The van der Waals surface area contributed by atoms with Crippen LogP contribution in [0.2, 0.25) is 0 Å². The molecule has 114 valence electrons. The molecule has 0 aromatic heterocycles. The molecule has 1 atom stereocenters. The third kappa shape index (κ3) is 4.37. The quantitative estimate of drug-likeness (QED) is 0.806. The van der Waals surface area contributed by atoms with Gasteiger partial charge in [-0.3, -0.25) is 4.79 Å². The molecule has 2 fully saturated rings. The largest absolute Gasteiger partial charge is 0.481 e. The SMILES string of the molecule is CN1CCC(NC(=O)N2CCC(CCC(=O)O)CC2)C1. The summed E-state index contributed by atoms with van der Waals surface area (Å²) >= 11 is 0. The average molecular weight is 283 g/mol. The molecule has 0 bridgehead atoms. The number of carboxylic acids is 1. The minimum absolute atomic E-state index is 0.0435. The maximum absolute atomic E-state index is 12.1. The van der Waals surface area contributed by atoms with Gasteiger partial charge in [0, 0.05) is 32.1 Å². The van der Waals surface area contributed by atoms with Crippen LogP contribution in [0, 0.1) is 5.92 Å². The Morgan fingerprint density at radius 3 is 2.45 bits per heavy atom. The van der Waals surface area contributed by atoms with Crippen LogP contribution in [0.15, 0.2) is 0 Å². The molecule has 2 heterocycles. The molecule has 2 N–H and O–H groups in total. The number of carbonyl (C=O) groups excluding carboxylic acids is 1. The summed E-state index contributed by atoms with van der Waals surface area (Å²) in [5.41, 5.74) is 0. The van der Waals surface area contributed by atoms with E-state index < -0.39 is 5.97 Å². The molecule has 20 heavy (non-hydrogen) atoms. The molecule has 2 saturated heterocycles. The second-order valence-electron chi connectivity index (χ2n) is 6.06. The van der Waals surface area contributed by atoms with Crippen molar-refractivity contribution < 1.29 is 14.7 Å². The van der Waals surface area contributed by atoms with Crippen LogP contribution >= 0.6 is 0 Å². The van der Waals surface area contributed by atoms with Crippen LogP contribution in [0.25, 0.3) is 0 Å². The number of nitrogens with zero attached hydrogens (tertiary/aromatic N) is 2. The monoisotopic (exact) mass is 283 g/mol. The molecular formula is C14H25N3O3. The summed E-state index contributed by atoms with van der Waals surface area (Å²) < 4.78 is 0. The van der Waals surface area contributed by atoms with E-state index in [0.29, 0.717) is 5.92 Å². The molecule has 2 rings (SSSR count). The molecule has 2 aliphatic rings. The molecule has 6 heteroatoms. The third-order valence-electron chi connectivity index (χ3n) is 4.39. The highest BCUT2D eigenvalue weighted by Gasteiger charge is 2.26. The van der Waals surface area contributed by atoms with E-state index in [0.717, 1.165) is 51.9 Å². The Morgan fingerprint density at radius 2 is 1.90 bits per heavy atom. The summed E-state index contributed by atoms with van der Waals surface area (Å²) in [7, 11) is 2.07. The maximum Gasteiger partial charge on any atom is 0.317 e. The first kappa shape index (κ1) is 15.1. The van der Waals surface area contributed by atoms with E-state index in [4.69, 9.17) is 5.11 Å². The van der Waals surface area contributed by atoms with Gasteiger partial charge < -0.3 is 20.2 Å². The predicted molar refractivity (Wildman–Crippen MR) is 75.6 cm³/mol. The Morgan fingerprint density at radius 1 is 1.20 bits per heavy atom. The first-order valence-corrected chi connectivity index (χ1v) is 7.50. The van der Waals surface area contributed by atoms with Gasteiger partial charge in [0.1, 0.15) is 0 Å². The summed E-state index contributed by atoms with van der Waals surface area (Å²) in [5, 5.41) is 11.8. The highest BCUT2D eigenvalue weighted by Crippen LogP contribution is 2.22.